The van der Waals surface area contributed by atoms with Gasteiger partial charge in [-0.05, 0) is 43.2 Å². The molecule has 0 atom stereocenters. The highest BCUT2D eigenvalue weighted by atomic mass is 31.2. The topological polar surface area (TPSA) is 30.0 Å². The van der Waals surface area contributed by atoms with Crippen molar-refractivity contribution in [1.82, 2.24) is 4.98 Å². The molecular formula is C15H20NOP. The van der Waals surface area contributed by atoms with Crippen LogP contribution in [0.15, 0.2) is 24.4 Å². The first-order valence-corrected chi connectivity index (χ1v) is 8.85. The van der Waals surface area contributed by atoms with Crippen molar-refractivity contribution in [2.45, 2.75) is 26.7 Å². The monoisotopic (exact) mass is 261 g/mol. The highest BCUT2D eigenvalue weighted by molar-refractivity contribution is 7.70. The number of hydrogen-bond acceptors (Lipinski definition) is 2. The zero-order valence-electron chi connectivity index (χ0n) is 11.7. The van der Waals surface area contributed by atoms with Gasteiger partial charge in [-0.3, -0.25) is 4.98 Å². The van der Waals surface area contributed by atoms with Gasteiger partial charge in [-0.15, -0.1) is 0 Å². The summed E-state index contributed by atoms with van der Waals surface area (Å²) in [5.74, 6) is 0.374. The van der Waals surface area contributed by atoms with Gasteiger partial charge >= 0.3 is 0 Å². The fraction of sp³-hybridized carbons (Fsp3) is 0.400. The molecule has 0 fully saturated rings. The van der Waals surface area contributed by atoms with Crippen LogP contribution in [-0.4, -0.2) is 18.3 Å². The predicted molar refractivity (Wildman–Crippen MR) is 79.7 cm³/mol. The minimum Gasteiger partial charge on any atom is -0.319 e. The van der Waals surface area contributed by atoms with Gasteiger partial charge in [0.15, 0.2) is 0 Å². The molecule has 2 rings (SSSR count). The summed E-state index contributed by atoms with van der Waals surface area (Å²) in [5.41, 5.74) is 2.18. The highest BCUT2D eigenvalue weighted by Gasteiger charge is 2.21. The average molecular weight is 261 g/mol. The molecule has 96 valence electrons. The standard InChI is InChI=1S/C15H20NOP/c1-10(2)13-7-6-12-8-11(3)16-9-14(12)15(13)18(4,5)17/h6-10H,1-5H3. The Labute approximate surface area is 109 Å². The second-order valence-corrected chi connectivity index (χ2v) is 8.70. The number of rotatable bonds is 2. The Hall–Kier alpha value is -1.14. The molecule has 0 spiro atoms. The van der Waals surface area contributed by atoms with Crippen LogP contribution < -0.4 is 5.30 Å². The van der Waals surface area contributed by atoms with E-state index in [1.54, 1.807) is 0 Å². The van der Waals surface area contributed by atoms with Crippen LogP contribution in [0.1, 0.15) is 31.0 Å². The van der Waals surface area contributed by atoms with E-state index in [4.69, 9.17) is 0 Å². The molecule has 18 heavy (non-hydrogen) atoms. The van der Waals surface area contributed by atoms with Crippen LogP contribution >= 0.6 is 7.14 Å². The molecule has 0 N–H and O–H groups in total. The molecule has 0 amide bonds. The third kappa shape index (κ3) is 2.35. The summed E-state index contributed by atoms with van der Waals surface area (Å²) in [6.07, 6.45) is 1.87. The van der Waals surface area contributed by atoms with Gasteiger partial charge in [0.25, 0.3) is 0 Å². The number of nitrogens with zero attached hydrogens (tertiary/aromatic N) is 1. The summed E-state index contributed by atoms with van der Waals surface area (Å²) in [6, 6.07) is 6.28. The lowest BCUT2D eigenvalue weighted by atomic mass is 10.00. The van der Waals surface area contributed by atoms with Crippen molar-refractivity contribution in [3.63, 3.8) is 0 Å². The summed E-state index contributed by atoms with van der Waals surface area (Å²) in [6.45, 7) is 9.94. The Kier molecular flexibility index (Phi) is 3.33. The van der Waals surface area contributed by atoms with E-state index in [9.17, 15) is 4.57 Å². The van der Waals surface area contributed by atoms with Gasteiger partial charge in [0, 0.05) is 22.6 Å². The summed E-state index contributed by atoms with van der Waals surface area (Å²) in [7, 11) is -2.31. The smallest absolute Gasteiger partial charge is 0.110 e. The van der Waals surface area contributed by atoms with E-state index in [2.05, 4.69) is 37.0 Å². The molecule has 2 aromatic rings. The van der Waals surface area contributed by atoms with Crippen LogP contribution in [-0.2, 0) is 4.57 Å². The van der Waals surface area contributed by atoms with Crippen molar-refractivity contribution in [2.24, 2.45) is 0 Å². The number of aromatic nitrogens is 1. The average Bonchev–Trinajstić information content (AvgIpc) is 2.25. The predicted octanol–water partition coefficient (Wildman–Crippen LogP) is 3.91. The van der Waals surface area contributed by atoms with Crippen molar-refractivity contribution in [3.05, 3.63) is 35.7 Å². The third-order valence-electron chi connectivity index (χ3n) is 3.20. The largest absolute Gasteiger partial charge is 0.319 e. The van der Waals surface area contributed by atoms with Gasteiger partial charge in [0.2, 0.25) is 0 Å². The lowest BCUT2D eigenvalue weighted by Gasteiger charge is -2.19. The lowest BCUT2D eigenvalue weighted by molar-refractivity contribution is 0.588. The molecule has 1 aromatic heterocycles. The van der Waals surface area contributed by atoms with Crippen LogP contribution in [0.3, 0.4) is 0 Å². The molecule has 0 aliphatic heterocycles. The number of benzene rings is 1. The third-order valence-corrected chi connectivity index (χ3v) is 4.78. The summed E-state index contributed by atoms with van der Waals surface area (Å²) < 4.78 is 12.6. The van der Waals surface area contributed by atoms with Crippen LogP contribution in [0.25, 0.3) is 10.8 Å². The Bertz CT molecular complexity index is 640. The minimum absolute atomic E-state index is 0.374. The maximum atomic E-state index is 12.6. The number of aryl methyl sites for hydroxylation is 1. The van der Waals surface area contributed by atoms with Crippen molar-refractivity contribution in [1.29, 1.82) is 0 Å². The number of pyridine rings is 1. The Balaban J connectivity index is 2.90. The van der Waals surface area contributed by atoms with Crippen molar-refractivity contribution in [3.8, 4) is 0 Å². The fourth-order valence-electron chi connectivity index (χ4n) is 2.40. The highest BCUT2D eigenvalue weighted by Crippen LogP contribution is 2.40. The van der Waals surface area contributed by atoms with E-state index < -0.39 is 7.14 Å². The van der Waals surface area contributed by atoms with Crippen molar-refractivity contribution in [2.75, 3.05) is 13.3 Å². The second kappa shape index (κ2) is 4.51. The van der Waals surface area contributed by atoms with Crippen LogP contribution in [0, 0.1) is 6.92 Å². The fourth-order valence-corrected chi connectivity index (χ4v) is 4.12. The molecule has 0 aliphatic carbocycles. The Morgan fingerprint density at radius 3 is 2.44 bits per heavy atom. The molecule has 0 aliphatic rings. The van der Waals surface area contributed by atoms with E-state index in [0.717, 1.165) is 21.8 Å². The summed E-state index contributed by atoms with van der Waals surface area (Å²) >= 11 is 0. The maximum Gasteiger partial charge on any atom is 0.110 e. The molecule has 0 bridgehead atoms. The minimum atomic E-state index is -2.31. The van der Waals surface area contributed by atoms with Crippen LogP contribution in [0.4, 0.5) is 0 Å². The molecule has 3 heteroatoms. The van der Waals surface area contributed by atoms with Gasteiger partial charge in [-0.1, -0.05) is 26.0 Å². The first-order valence-electron chi connectivity index (χ1n) is 6.25. The van der Waals surface area contributed by atoms with Gasteiger partial charge in [0.1, 0.15) is 7.14 Å². The van der Waals surface area contributed by atoms with E-state index >= 15 is 0 Å². The first-order chi connectivity index (χ1) is 8.30. The zero-order valence-corrected chi connectivity index (χ0v) is 12.6. The van der Waals surface area contributed by atoms with E-state index in [0.29, 0.717) is 5.92 Å². The SMILES string of the molecule is Cc1cc2ccc(C(C)C)c(P(C)(C)=O)c2cn1. The van der Waals surface area contributed by atoms with E-state index in [1.807, 2.05) is 26.5 Å². The molecule has 0 saturated carbocycles. The van der Waals surface area contributed by atoms with Crippen molar-refractivity contribution >= 4 is 23.2 Å². The normalized spacial score (nSPS) is 12.3. The summed E-state index contributed by atoms with van der Waals surface area (Å²) in [4.78, 5) is 4.36. The van der Waals surface area contributed by atoms with Gasteiger partial charge in [0.05, 0.1) is 0 Å². The van der Waals surface area contributed by atoms with Crippen LogP contribution in [0.5, 0.6) is 0 Å². The molecule has 1 aromatic carbocycles. The van der Waals surface area contributed by atoms with Gasteiger partial charge < -0.3 is 4.57 Å². The molecule has 2 nitrogen and oxygen atoms in total. The van der Waals surface area contributed by atoms with E-state index in [1.165, 1.54) is 5.56 Å². The molecule has 0 unspecified atom stereocenters. The van der Waals surface area contributed by atoms with Gasteiger partial charge in [-0.2, -0.15) is 0 Å². The van der Waals surface area contributed by atoms with Gasteiger partial charge in [-0.25, -0.2) is 0 Å². The molecule has 0 radical (unpaired) electrons. The summed E-state index contributed by atoms with van der Waals surface area (Å²) in [5, 5.41) is 3.17. The molecule has 0 saturated heterocycles. The quantitative estimate of drug-likeness (QED) is 0.767. The maximum absolute atomic E-state index is 12.6. The van der Waals surface area contributed by atoms with E-state index in [-0.39, 0.29) is 0 Å². The van der Waals surface area contributed by atoms with Crippen LogP contribution in [0.2, 0.25) is 0 Å². The van der Waals surface area contributed by atoms with Crippen molar-refractivity contribution < 1.29 is 4.57 Å². The Morgan fingerprint density at radius 1 is 1.22 bits per heavy atom. The lowest BCUT2D eigenvalue weighted by Crippen LogP contribution is -2.13. The number of fused-ring (bicyclic) bond motifs is 1. The molecular weight excluding hydrogens is 241 g/mol. The zero-order chi connectivity index (χ0) is 13.5. The Morgan fingerprint density at radius 2 is 1.89 bits per heavy atom. The number of hydrogen-bond donors (Lipinski definition) is 0. The first kappa shape index (κ1) is 13.3. The second-order valence-electron chi connectivity index (χ2n) is 5.56. The molecule has 1 heterocycles.